The van der Waals surface area contributed by atoms with Gasteiger partial charge >= 0.3 is 0 Å². The minimum atomic E-state index is 0.811. The van der Waals surface area contributed by atoms with Crippen molar-refractivity contribution in [1.29, 1.82) is 0 Å². The van der Waals surface area contributed by atoms with Gasteiger partial charge in [-0.25, -0.2) is 0 Å². The van der Waals surface area contributed by atoms with Crippen LogP contribution in [0.15, 0.2) is 54.7 Å². The first kappa shape index (κ1) is 11.4. The Bertz CT molecular complexity index is 697. The maximum Gasteiger partial charge on any atom is 0.0672 e. The summed E-state index contributed by atoms with van der Waals surface area (Å²) in [4.78, 5) is 0. The Morgan fingerprint density at radius 2 is 1.83 bits per heavy atom. The predicted octanol–water partition coefficient (Wildman–Crippen LogP) is 4.65. The highest BCUT2D eigenvalue weighted by Crippen LogP contribution is 2.25. The lowest BCUT2D eigenvalue weighted by molar-refractivity contribution is 0.830. The average Bonchev–Trinajstić information content (AvgIpc) is 2.77. The SMILES string of the molecule is Cc1ccccc1Cn1ccc2cccc(Cl)c21. The van der Waals surface area contributed by atoms with E-state index in [1.807, 2.05) is 12.1 Å². The first-order chi connectivity index (χ1) is 8.75. The quantitative estimate of drug-likeness (QED) is 0.628. The summed E-state index contributed by atoms with van der Waals surface area (Å²) in [5.74, 6) is 0. The summed E-state index contributed by atoms with van der Waals surface area (Å²) < 4.78 is 2.21. The molecule has 1 heterocycles. The highest BCUT2D eigenvalue weighted by Gasteiger charge is 2.06. The number of benzene rings is 2. The van der Waals surface area contributed by atoms with Crippen LogP contribution in [0.3, 0.4) is 0 Å². The van der Waals surface area contributed by atoms with E-state index in [0.717, 1.165) is 17.1 Å². The van der Waals surface area contributed by atoms with Gasteiger partial charge in [0.15, 0.2) is 0 Å². The van der Waals surface area contributed by atoms with Crippen LogP contribution >= 0.6 is 11.6 Å². The third-order valence-electron chi connectivity index (χ3n) is 3.34. The first-order valence-corrected chi connectivity index (χ1v) is 6.41. The van der Waals surface area contributed by atoms with Gasteiger partial charge in [-0.2, -0.15) is 0 Å². The second-order valence-electron chi connectivity index (χ2n) is 4.55. The molecule has 1 nitrogen and oxygen atoms in total. The molecule has 0 aliphatic heterocycles. The number of aromatic nitrogens is 1. The molecule has 0 amide bonds. The van der Waals surface area contributed by atoms with Gasteiger partial charge in [0.2, 0.25) is 0 Å². The molecule has 0 spiro atoms. The van der Waals surface area contributed by atoms with E-state index in [9.17, 15) is 0 Å². The fraction of sp³-hybridized carbons (Fsp3) is 0.125. The van der Waals surface area contributed by atoms with Crippen LogP contribution in [0.25, 0.3) is 10.9 Å². The van der Waals surface area contributed by atoms with E-state index in [1.54, 1.807) is 0 Å². The van der Waals surface area contributed by atoms with Gasteiger partial charge in [-0.15, -0.1) is 0 Å². The molecule has 0 aliphatic rings. The maximum absolute atomic E-state index is 6.29. The van der Waals surface area contributed by atoms with Gasteiger partial charge in [0, 0.05) is 18.1 Å². The highest BCUT2D eigenvalue weighted by atomic mass is 35.5. The predicted molar refractivity (Wildman–Crippen MR) is 77.2 cm³/mol. The smallest absolute Gasteiger partial charge is 0.0672 e. The fourth-order valence-electron chi connectivity index (χ4n) is 2.32. The van der Waals surface area contributed by atoms with Gasteiger partial charge < -0.3 is 4.57 Å². The Morgan fingerprint density at radius 3 is 2.67 bits per heavy atom. The van der Waals surface area contributed by atoms with Crippen molar-refractivity contribution in [2.24, 2.45) is 0 Å². The normalized spacial score (nSPS) is 11.0. The van der Waals surface area contributed by atoms with Gasteiger partial charge in [0.05, 0.1) is 10.5 Å². The van der Waals surface area contributed by atoms with Crippen LogP contribution < -0.4 is 0 Å². The monoisotopic (exact) mass is 255 g/mol. The minimum Gasteiger partial charge on any atom is -0.342 e. The van der Waals surface area contributed by atoms with E-state index in [-0.39, 0.29) is 0 Å². The highest BCUT2D eigenvalue weighted by molar-refractivity contribution is 6.35. The largest absolute Gasteiger partial charge is 0.342 e. The molecule has 0 aliphatic carbocycles. The lowest BCUT2D eigenvalue weighted by Gasteiger charge is -2.09. The Hall–Kier alpha value is -1.73. The Kier molecular flexibility index (Phi) is 2.85. The molecular weight excluding hydrogens is 242 g/mol. The molecule has 90 valence electrons. The van der Waals surface area contributed by atoms with Crippen molar-refractivity contribution in [3.8, 4) is 0 Å². The van der Waals surface area contributed by atoms with Crippen LogP contribution in [0.1, 0.15) is 11.1 Å². The molecule has 0 atom stereocenters. The summed E-state index contributed by atoms with van der Waals surface area (Å²) in [6.45, 7) is 3.00. The topological polar surface area (TPSA) is 4.93 Å². The number of rotatable bonds is 2. The molecule has 3 aromatic rings. The lowest BCUT2D eigenvalue weighted by Crippen LogP contribution is -1.99. The molecule has 0 saturated carbocycles. The van der Waals surface area contributed by atoms with Crippen molar-refractivity contribution in [2.75, 3.05) is 0 Å². The maximum atomic E-state index is 6.29. The summed E-state index contributed by atoms with van der Waals surface area (Å²) in [5.41, 5.74) is 3.75. The van der Waals surface area contributed by atoms with Gasteiger partial charge in [-0.3, -0.25) is 0 Å². The van der Waals surface area contributed by atoms with E-state index in [4.69, 9.17) is 11.6 Å². The molecule has 1 aromatic heterocycles. The van der Waals surface area contributed by atoms with Crippen LogP contribution in [0, 0.1) is 6.92 Å². The zero-order valence-electron chi connectivity index (χ0n) is 10.2. The molecule has 0 radical (unpaired) electrons. The molecule has 3 rings (SSSR count). The number of hydrogen-bond acceptors (Lipinski definition) is 0. The average molecular weight is 256 g/mol. The lowest BCUT2D eigenvalue weighted by atomic mass is 10.1. The van der Waals surface area contributed by atoms with Crippen molar-refractivity contribution in [1.82, 2.24) is 4.57 Å². The summed E-state index contributed by atoms with van der Waals surface area (Å²) in [7, 11) is 0. The van der Waals surface area contributed by atoms with Crippen molar-refractivity contribution in [3.05, 3.63) is 70.9 Å². The molecule has 2 aromatic carbocycles. The molecule has 0 saturated heterocycles. The number of para-hydroxylation sites is 1. The summed E-state index contributed by atoms with van der Waals surface area (Å²) in [6, 6.07) is 16.6. The van der Waals surface area contributed by atoms with E-state index >= 15 is 0 Å². The van der Waals surface area contributed by atoms with Crippen LogP contribution in [0.2, 0.25) is 5.02 Å². The van der Waals surface area contributed by atoms with Crippen molar-refractivity contribution >= 4 is 22.5 Å². The third kappa shape index (κ3) is 1.91. The summed E-state index contributed by atoms with van der Waals surface area (Å²) in [5, 5.41) is 2.00. The first-order valence-electron chi connectivity index (χ1n) is 6.03. The molecule has 2 heteroatoms. The second-order valence-corrected chi connectivity index (χ2v) is 4.95. The Balaban J connectivity index is 2.09. The van der Waals surface area contributed by atoms with Gasteiger partial charge in [0.1, 0.15) is 0 Å². The van der Waals surface area contributed by atoms with Crippen molar-refractivity contribution in [3.63, 3.8) is 0 Å². The zero-order valence-corrected chi connectivity index (χ0v) is 11.0. The second kappa shape index (κ2) is 4.51. The van der Waals surface area contributed by atoms with E-state index < -0.39 is 0 Å². The molecule has 0 bridgehead atoms. The standard InChI is InChI=1S/C16H14ClN/c1-12-5-2-3-6-14(12)11-18-10-9-13-7-4-8-15(17)16(13)18/h2-10H,11H2,1H3. The number of hydrogen-bond donors (Lipinski definition) is 0. The molecule has 18 heavy (non-hydrogen) atoms. The van der Waals surface area contributed by atoms with Crippen LogP contribution in [0.5, 0.6) is 0 Å². The number of halogens is 1. The minimum absolute atomic E-state index is 0.811. The number of fused-ring (bicyclic) bond motifs is 1. The van der Waals surface area contributed by atoms with Crippen molar-refractivity contribution < 1.29 is 0 Å². The third-order valence-corrected chi connectivity index (χ3v) is 3.65. The summed E-state index contributed by atoms with van der Waals surface area (Å²) in [6.07, 6.45) is 2.10. The molecule has 0 unspecified atom stereocenters. The van der Waals surface area contributed by atoms with Gasteiger partial charge in [-0.1, -0.05) is 48.0 Å². The Morgan fingerprint density at radius 1 is 1.00 bits per heavy atom. The molecule has 0 fully saturated rings. The van der Waals surface area contributed by atoms with Crippen LogP contribution in [-0.4, -0.2) is 4.57 Å². The van der Waals surface area contributed by atoms with E-state index in [0.29, 0.717) is 0 Å². The van der Waals surface area contributed by atoms with Crippen LogP contribution in [0.4, 0.5) is 0 Å². The zero-order chi connectivity index (χ0) is 12.5. The van der Waals surface area contributed by atoms with Gasteiger partial charge in [0.25, 0.3) is 0 Å². The van der Waals surface area contributed by atoms with Gasteiger partial charge in [-0.05, 0) is 30.2 Å². The van der Waals surface area contributed by atoms with E-state index in [1.165, 1.54) is 16.5 Å². The van der Waals surface area contributed by atoms with E-state index in [2.05, 4.69) is 54.1 Å². The molecular formula is C16H14ClN. The van der Waals surface area contributed by atoms with Crippen LogP contribution in [-0.2, 0) is 6.54 Å². The fourth-order valence-corrected chi connectivity index (χ4v) is 2.61. The Labute approximate surface area is 112 Å². The molecule has 0 N–H and O–H groups in total. The number of aryl methyl sites for hydroxylation is 1. The summed E-state index contributed by atoms with van der Waals surface area (Å²) >= 11 is 6.29. The van der Waals surface area contributed by atoms with Crippen molar-refractivity contribution in [2.45, 2.75) is 13.5 Å². The number of nitrogens with zero attached hydrogens (tertiary/aromatic N) is 1.